The van der Waals surface area contributed by atoms with E-state index in [2.05, 4.69) is 60.1 Å². The van der Waals surface area contributed by atoms with Crippen LogP contribution in [0.25, 0.3) is 0 Å². The van der Waals surface area contributed by atoms with Crippen LogP contribution < -0.4 is 5.32 Å². The normalized spacial score (nSPS) is 12.5. The van der Waals surface area contributed by atoms with E-state index in [1.807, 2.05) is 12.1 Å². The molecule has 0 amide bonds. The van der Waals surface area contributed by atoms with Gasteiger partial charge in [0.25, 0.3) is 0 Å². The molecule has 5 heteroatoms. The highest BCUT2D eigenvalue weighted by Crippen LogP contribution is 2.36. The molecule has 0 saturated carbocycles. The van der Waals surface area contributed by atoms with E-state index in [0.29, 0.717) is 0 Å². The van der Waals surface area contributed by atoms with Gasteiger partial charge in [-0.25, -0.2) is 4.98 Å². The lowest BCUT2D eigenvalue weighted by Gasteiger charge is -2.36. The fourth-order valence-electron chi connectivity index (χ4n) is 1.31. The molecule has 1 rings (SSSR count). The van der Waals surface area contributed by atoms with Crippen molar-refractivity contribution in [1.82, 2.24) is 4.98 Å². The Labute approximate surface area is 126 Å². The second kappa shape index (κ2) is 6.86. The van der Waals surface area contributed by atoms with Gasteiger partial charge in [0.15, 0.2) is 8.32 Å². The van der Waals surface area contributed by atoms with Crippen LogP contribution in [0.5, 0.6) is 0 Å². The molecule has 1 N–H and O–H groups in total. The number of pyridine rings is 1. The van der Waals surface area contributed by atoms with Crippen molar-refractivity contribution >= 4 is 30.1 Å². The number of hydrogen-bond donors (Lipinski definition) is 1. The molecule has 19 heavy (non-hydrogen) atoms. The minimum Gasteiger partial charge on any atom is -0.417 e. The number of anilines is 1. The molecule has 0 unspecified atom stereocenters. The minimum atomic E-state index is -1.59. The molecule has 1 heterocycles. The number of hydrogen-bond acceptors (Lipinski definition) is 3. The Morgan fingerprint density at radius 3 is 2.53 bits per heavy atom. The molecule has 0 aliphatic carbocycles. The summed E-state index contributed by atoms with van der Waals surface area (Å²) in [6.45, 7) is 13.1. The topological polar surface area (TPSA) is 34.1 Å². The zero-order chi connectivity index (χ0) is 14.5. The van der Waals surface area contributed by atoms with Crippen LogP contribution in [0.2, 0.25) is 18.1 Å². The predicted octanol–water partition coefficient (Wildman–Crippen LogP) is 4.67. The van der Waals surface area contributed by atoms with Crippen molar-refractivity contribution in [2.75, 3.05) is 18.5 Å². The molecule has 1 aromatic rings. The number of halogens is 1. The van der Waals surface area contributed by atoms with Gasteiger partial charge in [-0.05, 0) is 52.6 Å². The molecule has 0 aliphatic heterocycles. The third-order valence-corrected chi connectivity index (χ3v) is 8.63. The van der Waals surface area contributed by atoms with Gasteiger partial charge in [0.2, 0.25) is 0 Å². The van der Waals surface area contributed by atoms with Crippen LogP contribution in [0.3, 0.4) is 0 Å². The molecular formula is C14H25BrN2OSi. The molecular weight excluding hydrogens is 320 g/mol. The highest BCUT2D eigenvalue weighted by atomic mass is 79.9. The quantitative estimate of drug-likeness (QED) is 0.601. The molecule has 0 radical (unpaired) electrons. The SMILES string of the molecule is CC(C)(C)[Si](C)(C)OCCCNc1ccc(Br)cn1. The fraction of sp³-hybridized carbons (Fsp3) is 0.643. The summed E-state index contributed by atoms with van der Waals surface area (Å²) in [6, 6.07) is 3.96. The van der Waals surface area contributed by atoms with Crippen LogP contribution >= 0.6 is 15.9 Å². The monoisotopic (exact) mass is 344 g/mol. The minimum absolute atomic E-state index is 0.285. The summed E-state index contributed by atoms with van der Waals surface area (Å²) in [5.41, 5.74) is 0. The highest BCUT2D eigenvalue weighted by Gasteiger charge is 2.36. The fourth-order valence-corrected chi connectivity index (χ4v) is 2.64. The van der Waals surface area contributed by atoms with Crippen molar-refractivity contribution in [1.29, 1.82) is 0 Å². The molecule has 0 fully saturated rings. The maximum absolute atomic E-state index is 6.12. The van der Waals surface area contributed by atoms with Crippen molar-refractivity contribution in [3.63, 3.8) is 0 Å². The third-order valence-electron chi connectivity index (χ3n) is 3.62. The molecule has 0 spiro atoms. The Morgan fingerprint density at radius 1 is 1.32 bits per heavy atom. The van der Waals surface area contributed by atoms with E-state index in [-0.39, 0.29) is 5.04 Å². The van der Waals surface area contributed by atoms with E-state index in [1.54, 1.807) is 6.20 Å². The Bertz CT molecular complexity index is 387. The summed E-state index contributed by atoms with van der Waals surface area (Å²) in [5, 5.41) is 3.59. The number of nitrogens with zero attached hydrogens (tertiary/aromatic N) is 1. The van der Waals surface area contributed by atoms with E-state index < -0.39 is 8.32 Å². The van der Waals surface area contributed by atoms with Gasteiger partial charge in [-0.3, -0.25) is 0 Å². The first-order chi connectivity index (χ1) is 8.72. The van der Waals surface area contributed by atoms with Crippen molar-refractivity contribution < 1.29 is 4.43 Å². The standard InChI is InChI=1S/C14H25BrN2OSi/c1-14(2,3)19(4,5)18-10-6-9-16-13-8-7-12(15)11-17-13/h7-8,11H,6,9-10H2,1-5H3,(H,16,17). The summed E-state index contributed by atoms with van der Waals surface area (Å²) in [4.78, 5) is 4.27. The second-order valence-corrected chi connectivity index (χ2v) is 12.0. The lowest BCUT2D eigenvalue weighted by atomic mass is 10.2. The second-order valence-electron chi connectivity index (χ2n) is 6.25. The first-order valence-electron chi connectivity index (χ1n) is 6.72. The van der Waals surface area contributed by atoms with Crippen LogP contribution in [0.4, 0.5) is 5.82 Å². The Hall–Kier alpha value is -0.393. The summed E-state index contributed by atoms with van der Waals surface area (Å²) in [6.07, 6.45) is 2.80. The maximum atomic E-state index is 6.12. The average Bonchev–Trinajstić information content (AvgIpc) is 2.29. The lowest BCUT2D eigenvalue weighted by molar-refractivity contribution is 0.286. The van der Waals surface area contributed by atoms with Crippen LogP contribution in [0.15, 0.2) is 22.8 Å². The van der Waals surface area contributed by atoms with Gasteiger partial charge in [-0.1, -0.05) is 20.8 Å². The van der Waals surface area contributed by atoms with Crippen LogP contribution in [-0.2, 0) is 4.43 Å². The van der Waals surface area contributed by atoms with Crippen LogP contribution in [0.1, 0.15) is 27.2 Å². The molecule has 0 atom stereocenters. The predicted molar refractivity (Wildman–Crippen MR) is 88.2 cm³/mol. The molecule has 0 saturated heterocycles. The van der Waals surface area contributed by atoms with Gasteiger partial charge in [0.05, 0.1) is 0 Å². The number of rotatable bonds is 6. The first-order valence-corrected chi connectivity index (χ1v) is 10.4. The molecule has 108 valence electrons. The lowest BCUT2D eigenvalue weighted by Crippen LogP contribution is -2.41. The maximum Gasteiger partial charge on any atom is 0.191 e. The van der Waals surface area contributed by atoms with Gasteiger partial charge in [0.1, 0.15) is 5.82 Å². The smallest absolute Gasteiger partial charge is 0.191 e. The summed E-state index contributed by atoms with van der Waals surface area (Å²) in [7, 11) is -1.59. The zero-order valence-corrected chi connectivity index (χ0v) is 15.2. The average molecular weight is 345 g/mol. The Kier molecular flexibility index (Phi) is 6.01. The number of aromatic nitrogens is 1. The van der Waals surface area contributed by atoms with Gasteiger partial charge >= 0.3 is 0 Å². The van der Waals surface area contributed by atoms with Crippen LogP contribution in [-0.4, -0.2) is 26.5 Å². The van der Waals surface area contributed by atoms with E-state index >= 15 is 0 Å². The summed E-state index contributed by atoms with van der Waals surface area (Å²) in [5.74, 6) is 0.913. The van der Waals surface area contributed by atoms with Crippen molar-refractivity contribution in [3.8, 4) is 0 Å². The van der Waals surface area contributed by atoms with E-state index in [4.69, 9.17) is 4.43 Å². The third kappa shape index (κ3) is 5.63. The first kappa shape index (κ1) is 16.7. The van der Waals surface area contributed by atoms with Crippen LogP contribution in [0, 0.1) is 0 Å². The van der Waals surface area contributed by atoms with Gasteiger partial charge in [-0.2, -0.15) is 0 Å². The van der Waals surface area contributed by atoms with Crippen molar-refractivity contribution in [3.05, 3.63) is 22.8 Å². The van der Waals surface area contributed by atoms with E-state index in [1.165, 1.54) is 0 Å². The van der Waals surface area contributed by atoms with Crippen molar-refractivity contribution in [2.24, 2.45) is 0 Å². The summed E-state index contributed by atoms with van der Waals surface area (Å²) >= 11 is 3.37. The molecule has 0 aromatic carbocycles. The van der Waals surface area contributed by atoms with Gasteiger partial charge in [-0.15, -0.1) is 0 Å². The van der Waals surface area contributed by atoms with Crippen molar-refractivity contribution in [2.45, 2.75) is 45.3 Å². The van der Waals surface area contributed by atoms with E-state index in [0.717, 1.165) is 29.9 Å². The molecule has 1 aromatic heterocycles. The Morgan fingerprint density at radius 2 is 2.00 bits per heavy atom. The largest absolute Gasteiger partial charge is 0.417 e. The zero-order valence-electron chi connectivity index (χ0n) is 12.6. The number of nitrogens with one attached hydrogen (secondary N) is 1. The molecule has 3 nitrogen and oxygen atoms in total. The summed E-state index contributed by atoms with van der Waals surface area (Å²) < 4.78 is 7.12. The Balaban J connectivity index is 2.23. The van der Waals surface area contributed by atoms with E-state index in [9.17, 15) is 0 Å². The molecule has 0 bridgehead atoms. The molecule has 0 aliphatic rings. The highest BCUT2D eigenvalue weighted by molar-refractivity contribution is 9.10. The van der Waals surface area contributed by atoms with Gasteiger partial charge < -0.3 is 9.74 Å². The van der Waals surface area contributed by atoms with Gasteiger partial charge in [0, 0.05) is 23.8 Å².